The normalized spacial score (nSPS) is 15.2. The van der Waals surface area contributed by atoms with Gasteiger partial charge in [-0.25, -0.2) is 15.0 Å². The lowest BCUT2D eigenvalue weighted by molar-refractivity contribution is 0.409. The summed E-state index contributed by atoms with van der Waals surface area (Å²) >= 11 is 0. The number of imidazole rings is 1. The molecular formula is C21H27N7. The Labute approximate surface area is 165 Å². The molecule has 1 fully saturated rings. The van der Waals surface area contributed by atoms with Crippen LogP contribution in [-0.4, -0.2) is 44.1 Å². The number of aromatic nitrogens is 5. The summed E-state index contributed by atoms with van der Waals surface area (Å²) in [5.41, 5.74) is 6.26. The molecule has 2 N–H and O–H groups in total. The first-order valence-electron chi connectivity index (χ1n) is 9.85. The summed E-state index contributed by atoms with van der Waals surface area (Å²) in [6.45, 7) is 8.81. The second kappa shape index (κ2) is 8.06. The molecule has 3 aromatic rings. The molecule has 1 aliphatic rings. The van der Waals surface area contributed by atoms with Crippen LogP contribution in [-0.2, 0) is 6.54 Å². The maximum Gasteiger partial charge on any atom is 0.225 e. The average Bonchev–Trinajstić information content (AvgIpc) is 3.12. The van der Waals surface area contributed by atoms with E-state index in [-0.39, 0.29) is 0 Å². The van der Waals surface area contributed by atoms with Crippen molar-refractivity contribution in [1.29, 1.82) is 0 Å². The number of nitrogens with one attached hydrogen (secondary N) is 2. The van der Waals surface area contributed by atoms with E-state index in [9.17, 15) is 0 Å². The lowest BCUT2D eigenvalue weighted by atomic mass is 10.1. The molecular weight excluding hydrogens is 350 g/mol. The highest BCUT2D eigenvalue weighted by Crippen LogP contribution is 2.23. The molecule has 1 saturated heterocycles. The van der Waals surface area contributed by atoms with Gasteiger partial charge in [0.05, 0.1) is 17.7 Å². The van der Waals surface area contributed by atoms with Crippen molar-refractivity contribution in [1.82, 2.24) is 30.2 Å². The highest BCUT2D eigenvalue weighted by Gasteiger charge is 2.21. The third-order valence-corrected chi connectivity index (χ3v) is 5.41. The van der Waals surface area contributed by atoms with Crippen LogP contribution in [0.3, 0.4) is 0 Å². The molecule has 3 aromatic heterocycles. The van der Waals surface area contributed by atoms with E-state index in [0.717, 1.165) is 72.5 Å². The van der Waals surface area contributed by atoms with Gasteiger partial charge in [-0.05, 0) is 51.8 Å². The molecule has 0 amide bonds. The van der Waals surface area contributed by atoms with Crippen molar-refractivity contribution < 1.29 is 0 Å². The van der Waals surface area contributed by atoms with Gasteiger partial charge in [0.2, 0.25) is 5.95 Å². The van der Waals surface area contributed by atoms with Crippen LogP contribution >= 0.6 is 0 Å². The molecule has 146 valence electrons. The van der Waals surface area contributed by atoms with Gasteiger partial charge in [-0.1, -0.05) is 0 Å². The second-order valence-electron chi connectivity index (χ2n) is 7.44. The predicted molar refractivity (Wildman–Crippen MR) is 110 cm³/mol. The number of hydrogen-bond donors (Lipinski definition) is 2. The fourth-order valence-corrected chi connectivity index (χ4v) is 3.70. The number of piperidine rings is 1. The van der Waals surface area contributed by atoms with E-state index in [0.29, 0.717) is 6.04 Å². The van der Waals surface area contributed by atoms with E-state index in [1.807, 2.05) is 32.2 Å². The van der Waals surface area contributed by atoms with E-state index < -0.39 is 0 Å². The number of aryl methyl sites for hydroxylation is 3. The van der Waals surface area contributed by atoms with Crippen molar-refractivity contribution in [3.05, 3.63) is 53.5 Å². The van der Waals surface area contributed by atoms with Crippen LogP contribution in [0.5, 0.6) is 0 Å². The summed E-state index contributed by atoms with van der Waals surface area (Å²) in [5.74, 6) is 0.805. The van der Waals surface area contributed by atoms with Gasteiger partial charge in [-0.2, -0.15) is 0 Å². The van der Waals surface area contributed by atoms with E-state index >= 15 is 0 Å². The molecule has 7 nitrogen and oxygen atoms in total. The van der Waals surface area contributed by atoms with Gasteiger partial charge in [-0.3, -0.25) is 4.98 Å². The molecule has 0 bridgehead atoms. The Morgan fingerprint density at radius 2 is 1.89 bits per heavy atom. The van der Waals surface area contributed by atoms with Gasteiger partial charge in [-0.15, -0.1) is 0 Å². The molecule has 1 aliphatic heterocycles. The first kappa shape index (κ1) is 18.6. The van der Waals surface area contributed by atoms with Crippen LogP contribution in [0.1, 0.15) is 35.6 Å². The molecule has 0 unspecified atom stereocenters. The van der Waals surface area contributed by atoms with E-state index in [1.165, 1.54) is 0 Å². The van der Waals surface area contributed by atoms with Gasteiger partial charge in [0.1, 0.15) is 0 Å². The molecule has 0 radical (unpaired) electrons. The molecule has 28 heavy (non-hydrogen) atoms. The Morgan fingerprint density at radius 3 is 2.61 bits per heavy atom. The number of H-pyrrole nitrogens is 1. The highest BCUT2D eigenvalue weighted by molar-refractivity contribution is 5.62. The molecule has 0 aromatic carbocycles. The maximum absolute atomic E-state index is 4.82. The lowest BCUT2D eigenvalue weighted by Crippen LogP contribution is -2.43. The minimum absolute atomic E-state index is 0.499. The minimum atomic E-state index is 0.499. The van der Waals surface area contributed by atoms with Crippen molar-refractivity contribution in [2.24, 2.45) is 0 Å². The van der Waals surface area contributed by atoms with Gasteiger partial charge in [0, 0.05) is 54.5 Å². The van der Waals surface area contributed by atoms with Crippen LogP contribution in [0.25, 0.3) is 11.3 Å². The third-order valence-electron chi connectivity index (χ3n) is 5.41. The largest absolute Gasteiger partial charge is 0.348 e. The number of hydrogen-bond acceptors (Lipinski definition) is 6. The Hall–Kier alpha value is -2.80. The maximum atomic E-state index is 4.82. The average molecular weight is 377 g/mol. The van der Waals surface area contributed by atoms with Crippen LogP contribution < -0.4 is 10.2 Å². The zero-order valence-corrected chi connectivity index (χ0v) is 16.7. The van der Waals surface area contributed by atoms with Crippen LogP contribution in [0.15, 0.2) is 30.7 Å². The van der Waals surface area contributed by atoms with Gasteiger partial charge in [0.15, 0.2) is 0 Å². The summed E-state index contributed by atoms with van der Waals surface area (Å²) in [7, 11) is 0. The smallest absolute Gasteiger partial charge is 0.225 e. The van der Waals surface area contributed by atoms with Gasteiger partial charge >= 0.3 is 0 Å². The first-order valence-corrected chi connectivity index (χ1v) is 9.85. The van der Waals surface area contributed by atoms with Crippen molar-refractivity contribution >= 4 is 5.95 Å². The summed E-state index contributed by atoms with van der Waals surface area (Å²) in [6.07, 6.45) is 5.75. The molecule has 0 saturated carbocycles. The first-order chi connectivity index (χ1) is 13.6. The fourth-order valence-electron chi connectivity index (χ4n) is 3.70. The minimum Gasteiger partial charge on any atom is -0.348 e. The second-order valence-corrected chi connectivity index (χ2v) is 7.44. The van der Waals surface area contributed by atoms with Crippen LogP contribution in [0.4, 0.5) is 5.95 Å². The SMILES string of the molecule is Cc1ccc(-c2ccnc(N3CCC(NCc4nc[nH]c4C)CC3)n2)c(C)n1. The van der Waals surface area contributed by atoms with Crippen molar-refractivity contribution in [2.75, 3.05) is 18.0 Å². The van der Waals surface area contributed by atoms with E-state index in [4.69, 9.17) is 4.98 Å². The summed E-state index contributed by atoms with van der Waals surface area (Å²) in [5, 5.41) is 3.63. The predicted octanol–water partition coefficient (Wildman–Crippen LogP) is 2.95. The summed E-state index contributed by atoms with van der Waals surface area (Å²) in [4.78, 5) is 23.7. The Kier molecular flexibility index (Phi) is 5.34. The molecule has 4 heterocycles. The molecule has 7 heteroatoms. The Bertz CT molecular complexity index is 941. The van der Waals surface area contributed by atoms with Crippen molar-refractivity contribution in [3.63, 3.8) is 0 Å². The van der Waals surface area contributed by atoms with E-state index in [2.05, 4.69) is 43.1 Å². The Balaban J connectivity index is 1.39. The highest BCUT2D eigenvalue weighted by atomic mass is 15.3. The topological polar surface area (TPSA) is 82.6 Å². The fraction of sp³-hybridized carbons (Fsp3) is 0.429. The molecule has 0 atom stereocenters. The quantitative estimate of drug-likeness (QED) is 0.711. The lowest BCUT2D eigenvalue weighted by Gasteiger charge is -2.32. The number of nitrogens with zero attached hydrogens (tertiary/aromatic N) is 5. The standard InChI is InChI=1S/C21H27N7/c1-14-4-5-18(15(2)26-14)19-6-9-22-21(27-19)28-10-7-17(8-11-28)23-12-20-16(3)24-13-25-20/h4-6,9,13,17,23H,7-8,10-12H2,1-3H3,(H,24,25). The van der Waals surface area contributed by atoms with E-state index in [1.54, 1.807) is 6.33 Å². The number of anilines is 1. The zero-order chi connectivity index (χ0) is 19.5. The number of aromatic amines is 1. The van der Waals surface area contributed by atoms with Crippen molar-refractivity contribution in [2.45, 2.75) is 46.2 Å². The van der Waals surface area contributed by atoms with Crippen LogP contribution in [0, 0.1) is 20.8 Å². The van der Waals surface area contributed by atoms with Gasteiger partial charge < -0.3 is 15.2 Å². The Morgan fingerprint density at radius 1 is 1.07 bits per heavy atom. The summed E-state index contributed by atoms with van der Waals surface area (Å²) in [6, 6.07) is 6.59. The number of pyridine rings is 1. The van der Waals surface area contributed by atoms with Crippen molar-refractivity contribution in [3.8, 4) is 11.3 Å². The molecule has 0 aliphatic carbocycles. The third kappa shape index (κ3) is 4.04. The molecule has 4 rings (SSSR count). The molecule has 0 spiro atoms. The van der Waals surface area contributed by atoms with Crippen LogP contribution in [0.2, 0.25) is 0 Å². The monoisotopic (exact) mass is 377 g/mol. The van der Waals surface area contributed by atoms with Gasteiger partial charge in [0.25, 0.3) is 0 Å². The zero-order valence-electron chi connectivity index (χ0n) is 16.7. The number of rotatable bonds is 5. The summed E-state index contributed by atoms with van der Waals surface area (Å²) < 4.78 is 0.